The quantitative estimate of drug-likeness (QED) is 0.817. The first-order valence-electron chi connectivity index (χ1n) is 8.53. The van der Waals surface area contributed by atoms with E-state index in [0.717, 1.165) is 32.6 Å². The van der Waals surface area contributed by atoms with E-state index in [0.29, 0.717) is 29.0 Å². The summed E-state index contributed by atoms with van der Waals surface area (Å²) in [6, 6.07) is 5.37. The molecule has 0 unspecified atom stereocenters. The van der Waals surface area contributed by atoms with Crippen molar-refractivity contribution in [3.8, 4) is 5.75 Å². The maximum Gasteiger partial charge on any atom is 0.254 e. The number of hydrogen-bond donors (Lipinski definition) is 1. The summed E-state index contributed by atoms with van der Waals surface area (Å²) in [5.74, 6) is 0.713. The normalized spacial score (nSPS) is 18.7. The number of benzene rings is 1. The minimum absolute atomic E-state index is 0.101. The Balaban J connectivity index is 1.63. The molecule has 23 heavy (non-hydrogen) atoms. The number of likely N-dealkylation sites (N-methyl/N-ethyl adjacent to an activating group) is 1. The van der Waals surface area contributed by atoms with Crippen LogP contribution in [0.4, 0.5) is 5.69 Å². The number of nitrogens with zero attached hydrogens (tertiary/aromatic N) is 2. The van der Waals surface area contributed by atoms with Crippen LogP contribution in [0.3, 0.4) is 0 Å². The molecule has 1 saturated heterocycles. The van der Waals surface area contributed by atoms with E-state index in [-0.39, 0.29) is 5.91 Å². The highest BCUT2D eigenvalue weighted by atomic mass is 16.5. The second kappa shape index (κ2) is 6.40. The van der Waals surface area contributed by atoms with Gasteiger partial charge in [-0.3, -0.25) is 4.79 Å². The lowest BCUT2D eigenvalue weighted by Gasteiger charge is -2.18. The molecule has 5 nitrogen and oxygen atoms in total. The highest BCUT2D eigenvalue weighted by molar-refractivity contribution is 5.95. The Morgan fingerprint density at radius 1 is 1.39 bits per heavy atom. The van der Waals surface area contributed by atoms with E-state index in [1.54, 1.807) is 18.2 Å². The fourth-order valence-corrected chi connectivity index (χ4v) is 3.14. The number of carbonyl (C=O) groups is 1. The Kier molecular flexibility index (Phi) is 4.48. The molecule has 0 aromatic heterocycles. The van der Waals surface area contributed by atoms with Crippen molar-refractivity contribution < 1.29 is 9.53 Å². The van der Waals surface area contributed by atoms with E-state index in [1.807, 2.05) is 11.9 Å². The molecule has 2 fully saturated rings. The SMILES string of the molecule is CCN(C)CCOc1cc(C(=O)N2CCC3(CC3)C2)ccc1N. The Morgan fingerprint density at radius 3 is 2.83 bits per heavy atom. The average molecular weight is 317 g/mol. The zero-order valence-electron chi connectivity index (χ0n) is 14.2. The smallest absolute Gasteiger partial charge is 0.254 e. The van der Waals surface area contributed by atoms with Crippen LogP contribution in [0.2, 0.25) is 0 Å². The first-order chi connectivity index (χ1) is 11.0. The second-order valence-corrected chi connectivity index (χ2v) is 6.97. The summed E-state index contributed by atoms with van der Waals surface area (Å²) >= 11 is 0. The van der Waals surface area contributed by atoms with Gasteiger partial charge in [0.25, 0.3) is 5.91 Å². The molecule has 2 N–H and O–H groups in total. The third-order valence-corrected chi connectivity index (χ3v) is 5.21. The first-order valence-corrected chi connectivity index (χ1v) is 8.53. The summed E-state index contributed by atoms with van der Waals surface area (Å²) in [7, 11) is 2.05. The Bertz CT molecular complexity index is 584. The van der Waals surface area contributed by atoms with Crippen LogP contribution in [0.15, 0.2) is 18.2 Å². The molecule has 5 heteroatoms. The predicted molar refractivity (Wildman–Crippen MR) is 91.7 cm³/mol. The number of rotatable bonds is 6. The minimum atomic E-state index is 0.101. The molecule has 1 aromatic carbocycles. The number of nitrogens with two attached hydrogens (primary N) is 1. The van der Waals surface area contributed by atoms with Crippen molar-refractivity contribution in [1.29, 1.82) is 0 Å². The van der Waals surface area contributed by atoms with Crippen LogP contribution in [0, 0.1) is 5.41 Å². The Labute approximate surface area is 138 Å². The van der Waals surface area contributed by atoms with Crippen LogP contribution < -0.4 is 10.5 Å². The van der Waals surface area contributed by atoms with Gasteiger partial charge in [0.2, 0.25) is 0 Å². The van der Waals surface area contributed by atoms with Crippen LogP contribution >= 0.6 is 0 Å². The number of amides is 1. The highest BCUT2D eigenvalue weighted by Gasteiger charge is 2.48. The summed E-state index contributed by atoms with van der Waals surface area (Å²) in [5.41, 5.74) is 7.69. The molecule has 0 bridgehead atoms. The van der Waals surface area contributed by atoms with Crippen molar-refractivity contribution in [3.63, 3.8) is 0 Å². The van der Waals surface area contributed by atoms with E-state index in [1.165, 1.54) is 12.8 Å². The lowest BCUT2D eigenvalue weighted by atomic mass is 10.1. The van der Waals surface area contributed by atoms with Crippen molar-refractivity contribution in [2.45, 2.75) is 26.2 Å². The summed E-state index contributed by atoms with van der Waals surface area (Å²) in [4.78, 5) is 16.8. The van der Waals surface area contributed by atoms with Crippen LogP contribution in [0.5, 0.6) is 5.75 Å². The highest BCUT2D eigenvalue weighted by Crippen LogP contribution is 2.52. The van der Waals surface area contributed by atoms with Crippen molar-refractivity contribution >= 4 is 11.6 Å². The van der Waals surface area contributed by atoms with Gasteiger partial charge in [-0.1, -0.05) is 6.92 Å². The Morgan fingerprint density at radius 2 is 2.17 bits per heavy atom. The fraction of sp³-hybridized carbons (Fsp3) is 0.611. The van der Waals surface area contributed by atoms with E-state index < -0.39 is 0 Å². The first kappa shape index (κ1) is 16.1. The van der Waals surface area contributed by atoms with Gasteiger partial charge in [-0.15, -0.1) is 0 Å². The average Bonchev–Trinajstić information content (AvgIpc) is 3.17. The molecular weight excluding hydrogens is 290 g/mol. The second-order valence-electron chi connectivity index (χ2n) is 6.97. The molecule has 1 saturated carbocycles. The minimum Gasteiger partial charge on any atom is -0.490 e. The molecule has 126 valence electrons. The number of carbonyl (C=O) groups excluding carboxylic acids is 1. The maximum atomic E-state index is 12.7. The predicted octanol–water partition coefficient (Wildman–Crippen LogP) is 2.23. The Hall–Kier alpha value is -1.75. The van der Waals surface area contributed by atoms with Crippen molar-refractivity contribution in [1.82, 2.24) is 9.80 Å². The topological polar surface area (TPSA) is 58.8 Å². The molecule has 1 heterocycles. The van der Waals surface area contributed by atoms with Crippen LogP contribution in [-0.4, -0.2) is 55.5 Å². The maximum absolute atomic E-state index is 12.7. The van der Waals surface area contributed by atoms with Crippen LogP contribution in [0.25, 0.3) is 0 Å². The standard InChI is InChI=1S/C18H27N3O2/c1-3-20(2)10-11-23-16-12-14(4-5-15(16)19)17(22)21-9-8-18(13-21)6-7-18/h4-5,12H,3,6-11,13,19H2,1-2H3. The van der Waals surface area contributed by atoms with Gasteiger partial charge >= 0.3 is 0 Å². The zero-order chi connectivity index (χ0) is 16.4. The molecule has 1 aliphatic heterocycles. The molecule has 3 rings (SSSR count). The number of anilines is 1. The summed E-state index contributed by atoms with van der Waals surface area (Å²) in [6.45, 7) is 6.28. The van der Waals surface area contributed by atoms with Crippen molar-refractivity contribution in [2.75, 3.05) is 45.6 Å². The largest absolute Gasteiger partial charge is 0.490 e. The van der Waals surface area contributed by atoms with Gasteiger partial charge < -0.3 is 20.3 Å². The van der Waals surface area contributed by atoms with E-state index in [2.05, 4.69) is 11.8 Å². The molecule has 1 aliphatic carbocycles. The molecule has 0 atom stereocenters. The van der Waals surface area contributed by atoms with Gasteiger partial charge in [-0.2, -0.15) is 0 Å². The van der Waals surface area contributed by atoms with Crippen LogP contribution in [0.1, 0.15) is 36.5 Å². The van der Waals surface area contributed by atoms with Gasteiger partial charge in [0.05, 0.1) is 5.69 Å². The summed E-state index contributed by atoms with van der Waals surface area (Å²) < 4.78 is 5.78. The van der Waals surface area contributed by atoms with Crippen molar-refractivity contribution in [3.05, 3.63) is 23.8 Å². The van der Waals surface area contributed by atoms with E-state index in [9.17, 15) is 4.79 Å². The third-order valence-electron chi connectivity index (χ3n) is 5.21. The fourth-order valence-electron chi connectivity index (χ4n) is 3.14. The van der Waals surface area contributed by atoms with Gasteiger partial charge in [0.1, 0.15) is 12.4 Å². The van der Waals surface area contributed by atoms with Gasteiger partial charge in [0.15, 0.2) is 0 Å². The van der Waals surface area contributed by atoms with Crippen molar-refractivity contribution in [2.24, 2.45) is 5.41 Å². The number of hydrogen-bond acceptors (Lipinski definition) is 4. The molecule has 1 aromatic rings. The zero-order valence-corrected chi connectivity index (χ0v) is 14.2. The summed E-state index contributed by atoms with van der Waals surface area (Å²) in [6.07, 6.45) is 3.70. The molecule has 2 aliphatic rings. The lowest BCUT2D eigenvalue weighted by molar-refractivity contribution is 0.0784. The lowest BCUT2D eigenvalue weighted by Crippen LogP contribution is -2.29. The molecule has 1 amide bonds. The van der Waals surface area contributed by atoms with Gasteiger partial charge in [-0.05, 0) is 56.5 Å². The van der Waals surface area contributed by atoms with E-state index in [4.69, 9.17) is 10.5 Å². The number of likely N-dealkylation sites (tertiary alicyclic amines) is 1. The third kappa shape index (κ3) is 3.61. The molecule has 0 radical (unpaired) electrons. The van der Waals surface area contributed by atoms with Gasteiger partial charge in [0, 0.05) is 25.2 Å². The van der Waals surface area contributed by atoms with Crippen LogP contribution in [-0.2, 0) is 0 Å². The van der Waals surface area contributed by atoms with Gasteiger partial charge in [-0.25, -0.2) is 0 Å². The monoisotopic (exact) mass is 317 g/mol. The number of ether oxygens (including phenoxy) is 1. The molecule has 1 spiro atoms. The summed E-state index contributed by atoms with van der Waals surface area (Å²) in [5, 5.41) is 0. The van der Waals surface area contributed by atoms with E-state index >= 15 is 0 Å². The number of nitrogen functional groups attached to an aromatic ring is 1. The molecular formula is C18H27N3O2.